The van der Waals surface area contributed by atoms with Crippen LogP contribution in [-0.2, 0) is 61.6 Å². The first-order valence-electron chi connectivity index (χ1n) is 19.5. The summed E-state index contributed by atoms with van der Waals surface area (Å²) in [5.74, 6) is -0.384. The summed E-state index contributed by atoms with van der Waals surface area (Å²) in [5.41, 5.74) is -0.509. The van der Waals surface area contributed by atoms with Gasteiger partial charge in [0.1, 0.15) is 12.2 Å². The molecule has 13 heteroatoms. The predicted molar refractivity (Wildman–Crippen MR) is 197 cm³/mol. The van der Waals surface area contributed by atoms with Gasteiger partial charge in [-0.15, -0.1) is 0 Å². The van der Waals surface area contributed by atoms with Crippen LogP contribution in [-0.4, -0.2) is 157 Å². The van der Waals surface area contributed by atoms with E-state index >= 15 is 0 Å². The number of rotatable bonds is 43. The molecule has 0 N–H and O–H groups in total. The minimum Gasteiger partial charge on any atom is -0.458 e. The fourth-order valence-electron chi connectivity index (χ4n) is 4.42. The Morgan fingerprint density at radius 3 is 0.843 bits per heavy atom. The maximum Gasteiger partial charge on any atom is 0.332 e. The molecule has 51 heavy (non-hydrogen) atoms. The highest BCUT2D eigenvalue weighted by Gasteiger charge is 2.15. The van der Waals surface area contributed by atoms with Gasteiger partial charge in [-0.25, -0.2) is 4.79 Å². The molecule has 0 atom stereocenters. The van der Waals surface area contributed by atoms with E-state index in [-0.39, 0.29) is 12.6 Å². The fourth-order valence-corrected chi connectivity index (χ4v) is 4.42. The first kappa shape index (κ1) is 50.0. The van der Waals surface area contributed by atoms with Gasteiger partial charge in [0.2, 0.25) is 0 Å². The summed E-state index contributed by atoms with van der Waals surface area (Å²) in [6.07, 6.45) is 13.4. The van der Waals surface area contributed by atoms with E-state index in [4.69, 9.17) is 56.8 Å². The Kier molecular flexibility index (Phi) is 41.0. The number of unbranched alkanes of at least 4 members (excludes halogenated alkanes) is 9. The van der Waals surface area contributed by atoms with Crippen LogP contribution in [0.1, 0.15) is 91.9 Å². The standard InChI is InChI=1S/C38H76O13/c1-5-6-7-8-9-10-11-12-13-14-15-40-16-17-41-18-19-42-20-21-43-22-23-44-24-25-45-26-27-46-28-29-47-30-31-48-32-33-49-34-35-50-36-37(39)51-38(2,3)4/h5-36H2,1-4H3. The molecule has 306 valence electrons. The Hall–Kier alpha value is -0.970. The molecular weight excluding hydrogens is 664 g/mol. The lowest BCUT2D eigenvalue weighted by molar-refractivity contribution is -0.160. The minimum atomic E-state index is -0.509. The van der Waals surface area contributed by atoms with E-state index in [0.717, 1.165) is 13.0 Å². The van der Waals surface area contributed by atoms with Crippen molar-refractivity contribution in [2.75, 3.05) is 145 Å². The second kappa shape index (κ2) is 41.8. The lowest BCUT2D eigenvalue weighted by atomic mass is 10.1. The maximum atomic E-state index is 11.5. The summed E-state index contributed by atoms with van der Waals surface area (Å²) in [6.45, 7) is 18.5. The highest BCUT2D eigenvalue weighted by molar-refractivity contribution is 5.71. The average Bonchev–Trinajstić information content (AvgIpc) is 3.09. The number of hydrogen-bond donors (Lipinski definition) is 0. The van der Waals surface area contributed by atoms with Gasteiger partial charge in [0, 0.05) is 6.61 Å². The Balaban J connectivity index is 3.09. The molecule has 0 aliphatic carbocycles. The van der Waals surface area contributed by atoms with Crippen molar-refractivity contribution in [2.45, 2.75) is 97.5 Å². The van der Waals surface area contributed by atoms with Gasteiger partial charge < -0.3 is 56.8 Å². The van der Waals surface area contributed by atoms with E-state index in [2.05, 4.69) is 6.92 Å². The maximum absolute atomic E-state index is 11.5. The Morgan fingerprint density at radius 2 is 0.569 bits per heavy atom. The van der Waals surface area contributed by atoms with Crippen LogP contribution in [0.2, 0.25) is 0 Å². The highest BCUT2D eigenvalue weighted by atomic mass is 16.6. The van der Waals surface area contributed by atoms with Gasteiger partial charge in [-0.2, -0.15) is 0 Å². The monoisotopic (exact) mass is 741 g/mol. The van der Waals surface area contributed by atoms with Crippen LogP contribution in [0, 0.1) is 0 Å². The highest BCUT2D eigenvalue weighted by Crippen LogP contribution is 2.10. The van der Waals surface area contributed by atoms with Gasteiger partial charge in [-0.1, -0.05) is 64.7 Å². The topological polar surface area (TPSA) is 128 Å². The van der Waals surface area contributed by atoms with Crippen LogP contribution in [0.4, 0.5) is 0 Å². The van der Waals surface area contributed by atoms with Crippen molar-refractivity contribution in [3.8, 4) is 0 Å². The number of carbonyl (C=O) groups excluding carboxylic acids is 1. The summed E-state index contributed by atoms with van der Waals surface area (Å²) in [5, 5.41) is 0. The Morgan fingerprint density at radius 1 is 0.333 bits per heavy atom. The molecule has 0 bridgehead atoms. The number of esters is 1. The van der Waals surface area contributed by atoms with Crippen molar-refractivity contribution in [1.29, 1.82) is 0 Å². The third kappa shape index (κ3) is 47.0. The summed E-state index contributed by atoms with van der Waals surface area (Å²) >= 11 is 0. The second-order valence-corrected chi connectivity index (χ2v) is 12.9. The lowest BCUT2D eigenvalue weighted by Gasteiger charge is -2.19. The van der Waals surface area contributed by atoms with Crippen molar-refractivity contribution < 1.29 is 61.6 Å². The zero-order valence-electron chi connectivity index (χ0n) is 32.9. The summed E-state index contributed by atoms with van der Waals surface area (Å²) in [4.78, 5) is 11.5. The number of ether oxygens (including phenoxy) is 12. The fraction of sp³-hybridized carbons (Fsp3) is 0.974. The van der Waals surface area contributed by atoms with E-state index in [0.29, 0.717) is 132 Å². The molecule has 0 saturated carbocycles. The van der Waals surface area contributed by atoms with E-state index in [1.165, 1.54) is 57.8 Å². The van der Waals surface area contributed by atoms with E-state index in [1.807, 2.05) is 20.8 Å². The molecule has 13 nitrogen and oxygen atoms in total. The van der Waals surface area contributed by atoms with Gasteiger partial charge in [0.05, 0.1) is 132 Å². The third-order valence-corrected chi connectivity index (χ3v) is 7.00. The second-order valence-electron chi connectivity index (χ2n) is 12.9. The molecule has 0 radical (unpaired) electrons. The van der Waals surface area contributed by atoms with Crippen LogP contribution in [0.5, 0.6) is 0 Å². The summed E-state index contributed by atoms with van der Waals surface area (Å²) < 4.78 is 65.4. The number of hydrogen-bond acceptors (Lipinski definition) is 13. The van der Waals surface area contributed by atoms with E-state index in [9.17, 15) is 4.79 Å². The van der Waals surface area contributed by atoms with Crippen LogP contribution in [0.3, 0.4) is 0 Å². The first-order valence-corrected chi connectivity index (χ1v) is 19.5. The van der Waals surface area contributed by atoms with Crippen molar-refractivity contribution in [3.05, 3.63) is 0 Å². The van der Waals surface area contributed by atoms with Gasteiger partial charge in [0.25, 0.3) is 0 Å². The van der Waals surface area contributed by atoms with Crippen LogP contribution >= 0.6 is 0 Å². The molecule has 0 aliphatic heterocycles. The number of carbonyl (C=O) groups is 1. The molecule has 0 aromatic carbocycles. The molecular formula is C38H76O13. The molecule has 0 aromatic rings. The zero-order valence-corrected chi connectivity index (χ0v) is 32.9. The van der Waals surface area contributed by atoms with Crippen LogP contribution in [0.15, 0.2) is 0 Å². The quantitative estimate of drug-likeness (QED) is 0.0583. The normalized spacial score (nSPS) is 11.8. The van der Waals surface area contributed by atoms with Crippen molar-refractivity contribution >= 4 is 5.97 Å². The lowest BCUT2D eigenvalue weighted by Crippen LogP contribution is -2.27. The molecule has 0 heterocycles. The van der Waals surface area contributed by atoms with Gasteiger partial charge in [-0.3, -0.25) is 0 Å². The smallest absolute Gasteiger partial charge is 0.332 e. The van der Waals surface area contributed by atoms with Crippen molar-refractivity contribution in [3.63, 3.8) is 0 Å². The SMILES string of the molecule is CCCCCCCCCCCCOCCOCCOCCOCCOCCOCCOCCOCCOCCOCCOCC(=O)OC(C)(C)C. The molecule has 0 amide bonds. The van der Waals surface area contributed by atoms with E-state index in [1.54, 1.807) is 0 Å². The summed E-state index contributed by atoms with van der Waals surface area (Å²) in [7, 11) is 0. The van der Waals surface area contributed by atoms with Crippen molar-refractivity contribution in [2.24, 2.45) is 0 Å². The third-order valence-electron chi connectivity index (χ3n) is 7.00. The van der Waals surface area contributed by atoms with Gasteiger partial charge >= 0.3 is 5.97 Å². The first-order chi connectivity index (χ1) is 25.0. The largest absolute Gasteiger partial charge is 0.458 e. The molecule has 0 fully saturated rings. The van der Waals surface area contributed by atoms with Gasteiger partial charge in [-0.05, 0) is 27.2 Å². The summed E-state index contributed by atoms with van der Waals surface area (Å²) in [6, 6.07) is 0. The molecule has 0 saturated heterocycles. The van der Waals surface area contributed by atoms with Crippen molar-refractivity contribution in [1.82, 2.24) is 0 Å². The Bertz CT molecular complexity index is 679. The Labute approximate surface area is 310 Å². The van der Waals surface area contributed by atoms with E-state index < -0.39 is 5.60 Å². The minimum absolute atomic E-state index is 0.0806. The van der Waals surface area contributed by atoms with Crippen LogP contribution in [0.25, 0.3) is 0 Å². The average molecular weight is 741 g/mol. The predicted octanol–water partition coefficient (Wildman–Crippen LogP) is 5.43. The molecule has 0 aliphatic rings. The molecule has 0 spiro atoms. The van der Waals surface area contributed by atoms with Crippen LogP contribution < -0.4 is 0 Å². The molecule has 0 aromatic heterocycles. The van der Waals surface area contributed by atoms with Gasteiger partial charge in [0.15, 0.2) is 0 Å². The molecule has 0 unspecified atom stereocenters. The zero-order chi connectivity index (χ0) is 37.2. The molecule has 0 rings (SSSR count).